The number of esters is 1. The minimum Gasteiger partial charge on any atom is -0.482 e. The Bertz CT molecular complexity index is 917. The maximum absolute atomic E-state index is 13.4. The molecular formula is C24H31O6P. The Morgan fingerprint density at radius 3 is 2.16 bits per heavy atom. The van der Waals surface area contributed by atoms with E-state index in [1.54, 1.807) is 24.3 Å². The summed E-state index contributed by atoms with van der Waals surface area (Å²) in [6.45, 7) is 10.5. The molecule has 168 valence electrons. The maximum atomic E-state index is 13.4. The van der Waals surface area contributed by atoms with Crippen molar-refractivity contribution in [2.45, 2.75) is 45.9 Å². The Hall–Kier alpha value is -2.14. The summed E-state index contributed by atoms with van der Waals surface area (Å²) in [7, 11) is -3.70. The molecule has 1 aliphatic heterocycles. The van der Waals surface area contributed by atoms with E-state index >= 15 is 0 Å². The van der Waals surface area contributed by atoms with Crippen LogP contribution in [0.5, 0.6) is 5.75 Å². The average Bonchev–Trinajstić information content (AvgIpc) is 2.73. The summed E-state index contributed by atoms with van der Waals surface area (Å²) >= 11 is 0. The van der Waals surface area contributed by atoms with E-state index in [-0.39, 0.29) is 30.7 Å². The van der Waals surface area contributed by atoms with Crippen LogP contribution in [-0.4, -0.2) is 25.8 Å². The molecule has 2 aromatic carbocycles. The summed E-state index contributed by atoms with van der Waals surface area (Å²) in [6.07, 6.45) is 0. The van der Waals surface area contributed by atoms with Crippen molar-refractivity contribution >= 4 is 13.6 Å². The molecule has 0 radical (unpaired) electrons. The predicted molar refractivity (Wildman–Crippen MR) is 119 cm³/mol. The van der Waals surface area contributed by atoms with Crippen LogP contribution in [0.4, 0.5) is 0 Å². The Morgan fingerprint density at radius 1 is 1.03 bits per heavy atom. The molecule has 2 aromatic rings. The number of rotatable bonds is 6. The first-order chi connectivity index (χ1) is 14.5. The first-order valence-corrected chi connectivity index (χ1v) is 12.0. The molecule has 1 saturated heterocycles. The van der Waals surface area contributed by atoms with Crippen molar-refractivity contribution in [3.8, 4) is 5.75 Å². The van der Waals surface area contributed by atoms with E-state index < -0.39 is 19.4 Å². The largest absolute Gasteiger partial charge is 0.482 e. The standard InChI is InChI=1S/C24H31O6P/c1-23(2,3)19-11-13-20(14-12-19)27-15-21(25)30-22(18-9-7-6-8-10-18)31(26)28-16-24(4,5)17-29-31/h6-14,22H,15-17H2,1-5H3. The zero-order chi connectivity index (χ0) is 22.7. The number of ether oxygens (including phenoxy) is 2. The SMILES string of the molecule is CC1(C)COP(=O)(C(OC(=O)COc2ccc(C(C)(C)C)cc2)c2ccccc2)OC1. The number of carbonyl (C=O) groups is 1. The fourth-order valence-electron chi connectivity index (χ4n) is 3.03. The highest BCUT2D eigenvalue weighted by Crippen LogP contribution is 2.64. The van der Waals surface area contributed by atoms with Crippen LogP contribution in [0.3, 0.4) is 0 Å². The van der Waals surface area contributed by atoms with Gasteiger partial charge in [0.2, 0.25) is 5.85 Å². The summed E-state index contributed by atoms with van der Waals surface area (Å²) in [4.78, 5) is 12.6. The number of hydrogen-bond acceptors (Lipinski definition) is 6. The lowest BCUT2D eigenvalue weighted by Gasteiger charge is -2.36. The van der Waals surface area contributed by atoms with Crippen LogP contribution < -0.4 is 4.74 Å². The van der Waals surface area contributed by atoms with Crippen LogP contribution in [0.2, 0.25) is 0 Å². The lowest BCUT2D eigenvalue weighted by Crippen LogP contribution is -2.31. The van der Waals surface area contributed by atoms with Crippen molar-refractivity contribution in [2.24, 2.45) is 5.41 Å². The fourth-order valence-corrected chi connectivity index (χ4v) is 5.22. The van der Waals surface area contributed by atoms with Crippen LogP contribution >= 0.6 is 7.60 Å². The lowest BCUT2D eigenvalue weighted by molar-refractivity contribution is -0.149. The van der Waals surface area contributed by atoms with Gasteiger partial charge in [-0.3, -0.25) is 4.57 Å². The van der Waals surface area contributed by atoms with Gasteiger partial charge in [0.25, 0.3) is 0 Å². The van der Waals surface area contributed by atoms with Crippen LogP contribution in [0.1, 0.15) is 51.6 Å². The third-order valence-corrected chi connectivity index (χ3v) is 6.92. The third-order valence-electron chi connectivity index (χ3n) is 4.96. The molecular weight excluding hydrogens is 415 g/mol. The van der Waals surface area contributed by atoms with Crippen molar-refractivity contribution < 1.29 is 27.9 Å². The molecule has 1 atom stereocenters. The smallest absolute Gasteiger partial charge is 0.375 e. The Labute approximate surface area is 184 Å². The Kier molecular flexibility index (Phi) is 6.95. The first kappa shape index (κ1) is 23.5. The van der Waals surface area contributed by atoms with E-state index in [0.29, 0.717) is 11.3 Å². The molecule has 1 aliphatic rings. The Morgan fingerprint density at radius 2 is 1.61 bits per heavy atom. The summed E-state index contributed by atoms with van der Waals surface area (Å²) in [5, 5.41) is 0. The lowest BCUT2D eigenvalue weighted by atomic mass is 9.87. The highest BCUT2D eigenvalue weighted by atomic mass is 31.2. The highest BCUT2D eigenvalue weighted by molar-refractivity contribution is 7.54. The van der Waals surface area contributed by atoms with Crippen LogP contribution in [0.25, 0.3) is 0 Å². The summed E-state index contributed by atoms with van der Waals surface area (Å²) < 4.78 is 35.8. The van der Waals surface area contributed by atoms with E-state index in [9.17, 15) is 9.36 Å². The molecule has 1 unspecified atom stereocenters. The molecule has 7 heteroatoms. The molecule has 31 heavy (non-hydrogen) atoms. The Balaban J connectivity index is 1.68. The van der Waals surface area contributed by atoms with E-state index in [1.807, 2.05) is 44.2 Å². The predicted octanol–water partition coefficient (Wildman–Crippen LogP) is 5.87. The topological polar surface area (TPSA) is 71.1 Å². The van der Waals surface area contributed by atoms with Gasteiger partial charge >= 0.3 is 13.6 Å². The van der Waals surface area contributed by atoms with Gasteiger partial charge in [0.1, 0.15) is 5.75 Å². The zero-order valence-electron chi connectivity index (χ0n) is 18.8. The number of benzene rings is 2. The van der Waals surface area contributed by atoms with Crippen LogP contribution in [-0.2, 0) is 28.6 Å². The van der Waals surface area contributed by atoms with Crippen molar-refractivity contribution in [3.63, 3.8) is 0 Å². The van der Waals surface area contributed by atoms with Crippen molar-refractivity contribution in [3.05, 3.63) is 65.7 Å². The molecule has 0 N–H and O–H groups in total. The summed E-state index contributed by atoms with van der Waals surface area (Å²) in [5.41, 5.74) is 1.48. The maximum Gasteiger partial charge on any atom is 0.375 e. The minimum atomic E-state index is -3.70. The van der Waals surface area contributed by atoms with Gasteiger partial charge in [-0.1, -0.05) is 77.1 Å². The second kappa shape index (κ2) is 9.15. The molecule has 0 aliphatic carbocycles. The molecule has 0 aromatic heterocycles. The van der Waals surface area contributed by atoms with E-state index in [1.165, 1.54) is 5.56 Å². The molecule has 6 nitrogen and oxygen atoms in total. The number of hydrogen-bond donors (Lipinski definition) is 0. The van der Waals surface area contributed by atoms with E-state index in [0.717, 1.165) is 0 Å². The van der Waals surface area contributed by atoms with E-state index in [2.05, 4.69) is 20.8 Å². The monoisotopic (exact) mass is 446 g/mol. The summed E-state index contributed by atoms with van der Waals surface area (Å²) in [6, 6.07) is 16.4. The quantitative estimate of drug-likeness (QED) is 0.408. The minimum absolute atomic E-state index is 0.0288. The molecule has 3 rings (SSSR count). The van der Waals surface area contributed by atoms with Gasteiger partial charge in [-0.25, -0.2) is 4.79 Å². The second-order valence-electron chi connectivity index (χ2n) is 9.57. The second-order valence-corrected chi connectivity index (χ2v) is 11.6. The van der Waals surface area contributed by atoms with Crippen LogP contribution in [0, 0.1) is 5.41 Å². The van der Waals surface area contributed by atoms with Gasteiger partial charge in [-0.2, -0.15) is 0 Å². The molecule has 0 bridgehead atoms. The average molecular weight is 446 g/mol. The highest BCUT2D eigenvalue weighted by Gasteiger charge is 2.46. The molecule has 0 spiro atoms. The van der Waals surface area contributed by atoms with Crippen molar-refractivity contribution in [1.29, 1.82) is 0 Å². The van der Waals surface area contributed by atoms with Gasteiger partial charge in [0.15, 0.2) is 6.61 Å². The number of carbonyl (C=O) groups excluding carboxylic acids is 1. The molecule has 1 heterocycles. The van der Waals surface area contributed by atoms with Gasteiger partial charge in [0, 0.05) is 11.0 Å². The first-order valence-electron chi connectivity index (χ1n) is 10.4. The molecule has 0 saturated carbocycles. The summed E-state index contributed by atoms with van der Waals surface area (Å²) in [5.74, 6) is -1.25. The van der Waals surface area contributed by atoms with Crippen molar-refractivity contribution in [1.82, 2.24) is 0 Å². The zero-order valence-corrected chi connectivity index (χ0v) is 19.7. The van der Waals surface area contributed by atoms with Crippen LogP contribution in [0.15, 0.2) is 54.6 Å². The fraction of sp³-hybridized carbons (Fsp3) is 0.458. The molecule has 0 amide bonds. The van der Waals surface area contributed by atoms with Gasteiger partial charge in [-0.15, -0.1) is 0 Å². The van der Waals surface area contributed by atoms with Gasteiger partial charge in [0.05, 0.1) is 13.2 Å². The normalized spacial score (nSPS) is 18.7. The third kappa shape index (κ3) is 6.19. The van der Waals surface area contributed by atoms with Gasteiger partial charge in [-0.05, 0) is 23.1 Å². The van der Waals surface area contributed by atoms with Gasteiger partial charge < -0.3 is 18.5 Å². The molecule has 1 fully saturated rings. The van der Waals surface area contributed by atoms with Crippen molar-refractivity contribution in [2.75, 3.05) is 19.8 Å². The van der Waals surface area contributed by atoms with E-state index in [4.69, 9.17) is 18.5 Å².